The molecule has 0 aromatic heterocycles. The van der Waals surface area contributed by atoms with Gasteiger partial charge in [0.05, 0.1) is 7.11 Å². The number of para-hydroxylation sites is 1. The molecule has 1 aliphatic heterocycles. The molecule has 1 aromatic carbocycles. The second-order valence-electron chi connectivity index (χ2n) is 3.60. The number of aromatic hydroxyl groups is 1. The van der Waals surface area contributed by atoms with E-state index in [0.717, 1.165) is 12.5 Å². The van der Waals surface area contributed by atoms with Gasteiger partial charge in [-0.3, -0.25) is 0 Å². The molecule has 0 spiro atoms. The summed E-state index contributed by atoms with van der Waals surface area (Å²) in [6.45, 7) is 0. The van der Waals surface area contributed by atoms with Gasteiger partial charge in [-0.15, -0.1) is 0 Å². The summed E-state index contributed by atoms with van der Waals surface area (Å²) in [5, 5.41) is 10.6. The van der Waals surface area contributed by atoms with E-state index < -0.39 is 20.7 Å². The fourth-order valence-corrected chi connectivity index (χ4v) is 2.94. The predicted molar refractivity (Wildman–Crippen MR) is 65.1 cm³/mol. The van der Waals surface area contributed by atoms with Crippen molar-refractivity contribution < 1.29 is 23.1 Å². The zero-order valence-corrected chi connectivity index (χ0v) is 10.3. The number of hydrogen-bond donors (Lipinski definition) is 1. The van der Waals surface area contributed by atoms with Crippen molar-refractivity contribution in [3.8, 4) is 5.75 Å². The van der Waals surface area contributed by atoms with Crippen molar-refractivity contribution in [1.82, 2.24) is 0 Å². The zero-order chi connectivity index (χ0) is 13.3. The SMILES string of the molecule is COC(=O)C1=C(c2ccccc2O)C=CS1(=O)=O. The highest BCUT2D eigenvalue weighted by Gasteiger charge is 2.32. The van der Waals surface area contributed by atoms with Crippen LogP contribution in [0, 0.1) is 0 Å². The highest BCUT2D eigenvalue weighted by Crippen LogP contribution is 2.35. The van der Waals surface area contributed by atoms with Crippen LogP contribution in [0.2, 0.25) is 0 Å². The molecule has 0 aliphatic carbocycles. The minimum atomic E-state index is -3.80. The summed E-state index contributed by atoms with van der Waals surface area (Å²) >= 11 is 0. The maximum atomic E-state index is 11.7. The van der Waals surface area contributed by atoms with Gasteiger partial charge in [0.2, 0.25) is 9.84 Å². The number of allylic oxidation sites excluding steroid dienone is 2. The molecule has 0 unspecified atom stereocenters. The van der Waals surface area contributed by atoms with Crippen molar-refractivity contribution in [2.24, 2.45) is 0 Å². The van der Waals surface area contributed by atoms with E-state index in [4.69, 9.17) is 0 Å². The first-order valence-corrected chi connectivity index (χ1v) is 6.56. The Morgan fingerprint density at radius 2 is 1.94 bits per heavy atom. The van der Waals surface area contributed by atoms with Crippen molar-refractivity contribution in [2.75, 3.05) is 7.11 Å². The molecule has 1 heterocycles. The number of hydrogen-bond acceptors (Lipinski definition) is 5. The number of methoxy groups -OCH3 is 1. The number of ether oxygens (including phenoxy) is 1. The normalized spacial score (nSPS) is 16.9. The number of benzene rings is 1. The Hall–Kier alpha value is -2.08. The van der Waals surface area contributed by atoms with Crippen LogP contribution in [0.25, 0.3) is 5.57 Å². The maximum Gasteiger partial charge on any atom is 0.350 e. The molecular formula is C12H10O5S. The van der Waals surface area contributed by atoms with E-state index in [1.54, 1.807) is 12.1 Å². The molecule has 2 rings (SSSR count). The molecule has 94 valence electrons. The summed E-state index contributed by atoms with van der Waals surface area (Å²) in [6.07, 6.45) is 1.27. The van der Waals surface area contributed by atoms with Crippen LogP contribution in [-0.4, -0.2) is 26.6 Å². The van der Waals surface area contributed by atoms with Crippen molar-refractivity contribution in [2.45, 2.75) is 0 Å². The van der Waals surface area contributed by atoms with Gasteiger partial charge >= 0.3 is 5.97 Å². The average molecular weight is 266 g/mol. The lowest BCUT2D eigenvalue weighted by molar-refractivity contribution is -0.135. The molecule has 1 aliphatic rings. The summed E-state index contributed by atoms with van der Waals surface area (Å²) in [6, 6.07) is 6.18. The van der Waals surface area contributed by atoms with Crippen molar-refractivity contribution >= 4 is 21.4 Å². The van der Waals surface area contributed by atoms with Gasteiger partial charge in [-0.25, -0.2) is 13.2 Å². The topological polar surface area (TPSA) is 80.7 Å². The van der Waals surface area contributed by atoms with E-state index in [2.05, 4.69) is 4.74 Å². The summed E-state index contributed by atoms with van der Waals surface area (Å²) in [5.74, 6) is -1.05. The van der Waals surface area contributed by atoms with Gasteiger partial charge in [0.1, 0.15) is 5.75 Å². The Labute approximate surface area is 104 Å². The van der Waals surface area contributed by atoms with Crippen LogP contribution < -0.4 is 0 Å². The number of carbonyl (C=O) groups excluding carboxylic acids is 1. The van der Waals surface area contributed by atoms with Crippen LogP contribution in [0.3, 0.4) is 0 Å². The van der Waals surface area contributed by atoms with Crippen LogP contribution in [0.15, 0.2) is 40.7 Å². The molecule has 1 aromatic rings. The van der Waals surface area contributed by atoms with Gasteiger partial charge in [-0.1, -0.05) is 18.2 Å². The number of phenolic OH excluding ortho intramolecular Hbond substituents is 1. The van der Waals surface area contributed by atoms with Crippen LogP contribution in [0.5, 0.6) is 5.75 Å². The molecule has 1 N–H and O–H groups in total. The van der Waals surface area contributed by atoms with E-state index in [9.17, 15) is 18.3 Å². The molecule has 5 nitrogen and oxygen atoms in total. The fourth-order valence-electron chi connectivity index (χ4n) is 1.69. The standard InChI is InChI=1S/C12H10O5S/c1-17-12(14)11-9(6-7-18(11,15)16)8-4-2-3-5-10(8)13/h2-7,13H,1H3. The Morgan fingerprint density at radius 1 is 1.28 bits per heavy atom. The lowest BCUT2D eigenvalue weighted by Gasteiger charge is -2.06. The van der Waals surface area contributed by atoms with Crippen molar-refractivity contribution in [1.29, 1.82) is 0 Å². The summed E-state index contributed by atoms with van der Waals surface area (Å²) < 4.78 is 27.9. The maximum absolute atomic E-state index is 11.7. The van der Waals surface area contributed by atoms with Gasteiger partial charge in [0.15, 0.2) is 4.91 Å². The lowest BCUT2D eigenvalue weighted by Crippen LogP contribution is -2.12. The molecule has 0 radical (unpaired) electrons. The quantitative estimate of drug-likeness (QED) is 0.814. The average Bonchev–Trinajstić information content (AvgIpc) is 2.65. The summed E-state index contributed by atoms with van der Waals surface area (Å²) in [4.78, 5) is 11.1. The van der Waals surface area contributed by atoms with Gasteiger partial charge in [0, 0.05) is 16.5 Å². The van der Waals surface area contributed by atoms with E-state index in [-0.39, 0.29) is 16.9 Å². The minimum absolute atomic E-state index is 0.101. The Morgan fingerprint density at radius 3 is 2.56 bits per heavy atom. The van der Waals surface area contributed by atoms with Crippen LogP contribution in [0.1, 0.15) is 5.56 Å². The smallest absolute Gasteiger partial charge is 0.350 e. The molecule has 18 heavy (non-hydrogen) atoms. The first-order valence-electron chi connectivity index (χ1n) is 5.01. The number of phenols is 1. The highest BCUT2D eigenvalue weighted by molar-refractivity contribution is 7.99. The fraction of sp³-hybridized carbons (Fsp3) is 0.0833. The summed E-state index contributed by atoms with van der Waals surface area (Å²) in [7, 11) is -2.70. The second kappa shape index (κ2) is 4.30. The molecule has 0 bridgehead atoms. The van der Waals surface area contributed by atoms with Crippen LogP contribution >= 0.6 is 0 Å². The first-order chi connectivity index (χ1) is 8.47. The van der Waals surface area contributed by atoms with E-state index >= 15 is 0 Å². The molecule has 0 saturated carbocycles. The summed E-state index contributed by atoms with van der Waals surface area (Å²) in [5.41, 5.74) is 0.412. The van der Waals surface area contributed by atoms with E-state index in [1.807, 2.05) is 0 Å². The molecular weight excluding hydrogens is 256 g/mol. The Bertz CT molecular complexity index is 667. The number of sulfone groups is 1. The third-order valence-corrected chi connectivity index (χ3v) is 3.96. The zero-order valence-electron chi connectivity index (χ0n) is 9.45. The molecule has 0 fully saturated rings. The molecule has 0 amide bonds. The minimum Gasteiger partial charge on any atom is -0.507 e. The van der Waals surface area contributed by atoms with Gasteiger partial charge in [0.25, 0.3) is 0 Å². The first kappa shape index (κ1) is 12.4. The molecule has 6 heteroatoms. The molecule has 0 atom stereocenters. The Balaban J connectivity index is 2.71. The monoisotopic (exact) mass is 266 g/mol. The van der Waals surface area contributed by atoms with Crippen LogP contribution in [-0.2, 0) is 19.4 Å². The lowest BCUT2D eigenvalue weighted by atomic mass is 10.0. The van der Waals surface area contributed by atoms with Crippen LogP contribution in [0.4, 0.5) is 0 Å². The van der Waals surface area contributed by atoms with Gasteiger partial charge in [-0.05, 0) is 12.1 Å². The number of esters is 1. The Kier molecular flexibility index (Phi) is 2.96. The molecule has 0 saturated heterocycles. The third-order valence-electron chi connectivity index (χ3n) is 2.51. The van der Waals surface area contributed by atoms with Crippen molar-refractivity contribution in [3.63, 3.8) is 0 Å². The second-order valence-corrected chi connectivity index (χ2v) is 5.37. The number of carbonyl (C=O) groups is 1. The van der Waals surface area contributed by atoms with Gasteiger partial charge < -0.3 is 9.84 Å². The third kappa shape index (κ3) is 1.91. The predicted octanol–water partition coefficient (Wildman–Crippen LogP) is 1.22. The van der Waals surface area contributed by atoms with Gasteiger partial charge in [-0.2, -0.15) is 0 Å². The van der Waals surface area contributed by atoms with E-state index in [1.165, 1.54) is 18.2 Å². The number of rotatable bonds is 2. The van der Waals surface area contributed by atoms with Crippen molar-refractivity contribution in [3.05, 3.63) is 46.2 Å². The highest BCUT2D eigenvalue weighted by atomic mass is 32.2. The largest absolute Gasteiger partial charge is 0.507 e. The van der Waals surface area contributed by atoms with E-state index in [0.29, 0.717) is 0 Å².